The average molecular weight is 431 g/mol. The van der Waals surface area contributed by atoms with Gasteiger partial charge in [-0.1, -0.05) is 12.8 Å². The Morgan fingerprint density at radius 1 is 1.16 bits per heavy atom. The van der Waals surface area contributed by atoms with Crippen molar-refractivity contribution in [1.29, 1.82) is 0 Å². The maximum absolute atomic E-state index is 12.5. The normalized spacial score (nSPS) is 25.5. The Morgan fingerprint density at radius 2 is 2.06 bits per heavy atom. The molecule has 7 rings (SSSR count). The molecular formula is C23H26N8O. The minimum Gasteiger partial charge on any atom is -0.364 e. The maximum Gasteiger partial charge on any atom is 0.268 e. The summed E-state index contributed by atoms with van der Waals surface area (Å²) in [5.74, 6) is 1.19. The van der Waals surface area contributed by atoms with Gasteiger partial charge in [0.25, 0.3) is 5.91 Å². The Balaban J connectivity index is 1.20. The van der Waals surface area contributed by atoms with Crippen LogP contribution in [0.2, 0.25) is 0 Å². The summed E-state index contributed by atoms with van der Waals surface area (Å²) >= 11 is 0. The quantitative estimate of drug-likeness (QED) is 0.585. The number of rotatable bonds is 3. The molecule has 4 aliphatic rings. The van der Waals surface area contributed by atoms with E-state index < -0.39 is 0 Å². The largest absolute Gasteiger partial charge is 0.364 e. The predicted octanol–water partition coefficient (Wildman–Crippen LogP) is 2.13. The fraction of sp³-hybridized carbons (Fsp3) is 0.478. The highest BCUT2D eigenvalue weighted by molar-refractivity contribution is 5.99. The first-order valence-corrected chi connectivity index (χ1v) is 11.6. The van der Waals surface area contributed by atoms with Gasteiger partial charge in [-0.3, -0.25) is 4.79 Å². The van der Waals surface area contributed by atoms with Crippen LogP contribution in [0.15, 0.2) is 30.6 Å². The van der Waals surface area contributed by atoms with Gasteiger partial charge in [0.1, 0.15) is 17.2 Å². The number of fused-ring (bicyclic) bond motifs is 6. The zero-order valence-electron chi connectivity index (χ0n) is 17.8. The van der Waals surface area contributed by atoms with Crippen molar-refractivity contribution >= 4 is 34.4 Å². The Bertz CT molecular complexity index is 1210. The molecule has 3 aliphatic heterocycles. The molecular weight excluding hydrogens is 404 g/mol. The lowest BCUT2D eigenvalue weighted by Crippen LogP contribution is -2.50. The highest BCUT2D eigenvalue weighted by Gasteiger charge is 2.43. The van der Waals surface area contributed by atoms with Crippen molar-refractivity contribution in [3.05, 3.63) is 36.3 Å². The van der Waals surface area contributed by atoms with Crippen LogP contribution in [-0.4, -0.2) is 57.1 Å². The molecule has 3 N–H and O–H groups in total. The van der Waals surface area contributed by atoms with Crippen LogP contribution in [0, 0.1) is 0 Å². The first kappa shape index (κ1) is 18.4. The molecule has 2 atom stereocenters. The van der Waals surface area contributed by atoms with E-state index in [-0.39, 0.29) is 11.4 Å². The summed E-state index contributed by atoms with van der Waals surface area (Å²) in [6.07, 6.45) is 9.43. The maximum atomic E-state index is 12.5. The van der Waals surface area contributed by atoms with Crippen molar-refractivity contribution in [3.8, 4) is 0 Å². The minimum absolute atomic E-state index is 0.0295. The van der Waals surface area contributed by atoms with E-state index in [4.69, 9.17) is 4.98 Å². The number of carbonyl (C=O) groups is 1. The molecule has 6 heterocycles. The van der Waals surface area contributed by atoms with Gasteiger partial charge in [-0.05, 0) is 37.5 Å². The van der Waals surface area contributed by atoms with Crippen molar-refractivity contribution < 1.29 is 4.79 Å². The summed E-state index contributed by atoms with van der Waals surface area (Å²) in [6.45, 7) is 2.78. The Kier molecular flexibility index (Phi) is 3.82. The average Bonchev–Trinajstić information content (AvgIpc) is 3.60. The number of anilines is 3. The van der Waals surface area contributed by atoms with E-state index in [9.17, 15) is 4.79 Å². The molecule has 9 heteroatoms. The van der Waals surface area contributed by atoms with Crippen molar-refractivity contribution in [3.63, 3.8) is 0 Å². The van der Waals surface area contributed by atoms with Crippen LogP contribution in [0.3, 0.4) is 0 Å². The molecule has 1 saturated carbocycles. The van der Waals surface area contributed by atoms with Gasteiger partial charge in [-0.2, -0.15) is 4.98 Å². The van der Waals surface area contributed by atoms with Crippen molar-refractivity contribution in [2.24, 2.45) is 0 Å². The topological polar surface area (TPSA) is 100 Å². The molecule has 0 aromatic carbocycles. The first-order valence-electron chi connectivity index (χ1n) is 11.6. The molecule has 0 radical (unpaired) electrons. The number of nitrogens with zero attached hydrogens (tertiary/aromatic N) is 5. The lowest BCUT2D eigenvalue weighted by molar-refractivity contribution is 0.0876. The molecule has 2 saturated heterocycles. The van der Waals surface area contributed by atoms with Gasteiger partial charge in [-0.25, -0.2) is 9.97 Å². The van der Waals surface area contributed by atoms with Gasteiger partial charge in [0, 0.05) is 43.3 Å². The highest BCUT2D eigenvalue weighted by atomic mass is 16.2. The zero-order chi connectivity index (χ0) is 21.3. The minimum atomic E-state index is -0.0690. The third kappa shape index (κ3) is 2.67. The molecule has 3 aromatic heterocycles. The van der Waals surface area contributed by atoms with Gasteiger partial charge in [0.2, 0.25) is 5.95 Å². The number of piperazine rings is 1. The second kappa shape index (κ2) is 6.65. The lowest BCUT2D eigenvalue weighted by Gasteiger charge is -2.37. The predicted molar refractivity (Wildman–Crippen MR) is 121 cm³/mol. The van der Waals surface area contributed by atoms with E-state index >= 15 is 0 Å². The molecule has 1 aliphatic carbocycles. The Hall–Kier alpha value is -3.20. The number of nitrogens with one attached hydrogen (secondary N) is 3. The summed E-state index contributed by atoms with van der Waals surface area (Å²) in [4.78, 5) is 28.9. The molecule has 2 bridgehead atoms. The second-order valence-corrected chi connectivity index (χ2v) is 9.63. The Labute approximate surface area is 185 Å². The summed E-state index contributed by atoms with van der Waals surface area (Å²) < 4.78 is 2.17. The number of carbonyl (C=O) groups excluding carboxylic acids is 1. The lowest BCUT2D eigenvalue weighted by atomic mass is 9.94. The third-order valence-corrected chi connectivity index (χ3v) is 7.74. The van der Waals surface area contributed by atoms with Crippen LogP contribution in [0.25, 0.3) is 11.0 Å². The first-order chi connectivity index (χ1) is 15.7. The van der Waals surface area contributed by atoms with E-state index in [2.05, 4.69) is 41.5 Å². The summed E-state index contributed by atoms with van der Waals surface area (Å²) in [7, 11) is 0. The molecule has 1 spiro atoms. The monoisotopic (exact) mass is 430 g/mol. The fourth-order valence-corrected chi connectivity index (χ4v) is 6.17. The number of pyridine rings is 1. The van der Waals surface area contributed by atoms with E-state index in [0.29, 0.717) is 36.1 Å². The van der Waals surface area contributed by atoms with Crippen LogP contribution in [0.4, 0.5) is 17.5 Å². The smallest absolute Gasteiger partial charge is 0.268 e. The van der Waals surface area contributed by atoms with Gasteiger partial charge in [0.05, 0.1) is 17.4 Å². The summed E-state index contributed by atoms with van der Waals surface area (Å²) in [6, 6.07) is 7.20. The number of hydrogen-bond donors (Lipinski definition) is 3. The molecule has 164 valence electrons. The molecule has 3 fully saturated rings. The Morgan fingerprint density at radius 3 is 2.81 bits per heavy atom. The third-order valence-electron chi connectivity index (χ3n) is 7.74. The van der Waals surface area contributed by atoms with Crippen LogP contribution < -0.4 is 20.9 Å². The van der Waals surface area contributed by atoms with Gasteiger partial charge in [-0.15, -0.1) is 0 Å². The SMILES string of the molecule is O=C1NCC2(CCCC2)n2c1cc1cnc(Nc3ccc(N4CC5C[C@@H]4CN5)cn3)nc12. The number of amides is 1. The standard InChI is InChI=1S/C23H26N8O/c32-21-18-7-14-9-26-22(29-20(14)31(18)23(13-27-21)5-1-2-6-23)28-19-4-3-16(10-25-19)30-12-15-8-17(30)11-24-15/h3-4,7,9-10,15,17,24H,1-2,5-6,8,11-13H2,(H,27,32)(H,25,26,28,29)/t15?,17-/m1/s1. The van der Waals surface area contributed by atoms with E-state index in [1.165, 1.54) is 19.3 Å². The van der Waals surface area contributed by atoms with Crippen LogP contribution >= 0.6 is 0 Å². The molecule has 32 heavy (non-hydrogen) atoms. The van der Waals surface area contributed by atoms with Gasteiger partial charge in [0.15, 0.2) is 0 Å². The molecule has 1 unspecified atom stereocenters. The second-order valence-electron chi connectivity index (χ2n) is 9.63. The van der Waals surface area contributed by atoms with Crippen molar-refractivity contribution in [2.75, 3.05) is 29.9 Å². The van der Waals surface area contributed by atoms with Gasteiger partial charge < -0.3 is 25.4 Å². The van der Waals surface area contributed by atoms with E-state index in [1.807, 2.05) is 18.3 Å². The zero-order valence-corrected chi connectivity index (χ0v) is 17.8. The van der Waals surface area contributed by atoms with Crippen LogP contribution in [-0.2, 0) is 5.54 Å². The fourth-order valence-electron chi connectivity index (χ4n) is 6.17. The van der Waals surface area contributed by atoms with Crippen molar-refractivity contribution in [2.45, 2.75) is 49.7 Å². The summed E-state index contributed by atoms with van der Waals surface area (Å²) in [5.41, 5.74) is 2.61. The van der Waals surface area contributed by atoms with E-state index in [1.54, 1.807) is 6.20 Å². The number of hydrogen-bond acceptors (Lipinski definition) is 7. The molecule has 3 aromatic rings. The van der Waals surface area contributed by atoms with E-state index in [0.717, 1.165) is 42.7 Å². The van der Waals surface area contributed by atoms with Gasteiger partial charge >= 0.3 is 0 Å². The molecule has 1 amide bonds. The number of aromatic nitrogens is 4. The molecule has 9 nitrogen and oxygen atoms in total. The van der Waals surface area contributed by atoms with Crippen LogP contribution in [0.1, 0.15) is 42.6 Å². The highest BCUT2D eigenvalue weighted by Crippen LogP contribution is 2.41. The van der Waals surface area contributed by atoms with Crippen LogP contribution in [0.5, 0.6) is 0 Å². The van der Waals surface area contributed by atoms with Crippen molar-refractivity contribution in [1.82, 2.24) is 30.2 Å². The summed E-state index contributed by atoms with van der Waals surface area (Å²) in [5, 5.41) is 10.8.